The van der Waals surface area contributed by atoms with Crippen LogP contribution in [0.1, 0.15) is 52.4 Å². The van der Waals surface area contributed by atoms with Crippen LogP contribution < -0.4 is 10.6 Å². The van der Waals surface area contributed by atoms with Gasteiger partial charge in [0.1, 0.15) is 0 Å². The Morgan fingerprint density at radius 2 is 2.06 bits per heavy atom. The highest BCUT2D eigenvalue weighted by molar-refractivity contribution is 14.0. The third-order valence-corrected chi connectivity index (χ3v) is 4.62. The van der Waals surface area contributed by atoms with E-state index >= 15 is 0 Å². The Labute approximate surface area is 129 Å². The van der Waals surface area contributed by atoms with Crippen LogP contribution in [-0.4, -0.2) is 25.6 Å². The number of aliphatic imine (C=N–C) groups is 1. The molecule has 18 heavy (non-hydrogen) atoms. The molecular formula is C14H28IN3. The van der Waals surface area contributed by atoms with Crippen LogP contribution in [0, 0.1) is 11.3 Å². The normalized spacial score (nSPS) is 23.6. The van der Waals surface area contributed by atoms with Gasteiger partial charge in [0.25, 0.3) is 0 Å². The fourth-order valence-electron chi connectivity index (χ4n) is 2.85. The second kappa shape index (κ2) is 6.96. The Balaban J connectivity index is 0.00000162. The molecule has 0 saturated heterocycles. The van der Waals surface area contributed by atoms with Crippen LogP contribution in [0.15, 0.2) is 4.99 Å². The summed E-state index contributed by atoms with van der Waals surface area (Å²) >= 11 is 0. The highest BCUT2D eigenvalue weighted by Crippen LogP contribution is 2.56. The monoisotopic (exact) mass is 365 g/mol. The molecule has 0 spiro atoms. The molecule has 0 amide bonds. The van der Waals surface area contributed by atoms with Crippen LogP contribution in [0.4, 0.5) is 0 Å². The maximum absolute atomic E-state index is 4.31. The van der Waals surface area contributed by atoms with Crippen LogP contribution in [-0.2, 0) is 0 Å². The standard InChI is InChI=1S/C14H27N3.HI/c1-4-11(2)17-13(15-3)16-10-14(8-5-9-14)12-6-7-12;/h11-12H,4-10H2,1-3H3,(H2,15,16,17);1H. The maximum atomic E-state index is 4.31. The van der Waals surface area contributed by atoms with Gasteiger partial charge in [-0.1, -0.05) is 13.3 Å². The van der Waals surface area contributed by atoms with Gasteiger partial charge < -0.3 is 10.6 Å². The first kappa shape index (κ1) is 16.1. The van der Waals surface area contributed by atoms with E-state index in [2.05, 4.69) is 29.5 Å². The summed E-state index contributed by atoms with van der Waals surface area (Å²) in [5.74, 6) is 1.98. The Morgan fingerprint density at radius 3 is 2.44 bits per heavy atom. The zero-order valence-corrected chi connectivity index (χ0v) is 14.3. The van der Waals surface area contributed by atoms with Crippen molar-refractivity contribution < 1.29 is 0 Å². The third-order valence-electron chi connectivity index (χ3n) is 4.62. The minimum Gasteiger partial charge on any atom is -0.356 e. The number of hydrogen-bond donors (Lipinski definition) is 2. The van der Waals surface area contributed by atoms with Gasteiger partial charge in [0.15, 0.2) is 5.96 Å². The minimum atomic E-state index is 0. The Hall–Kier alpha value is 0. The summed E-state index contributed by atoms with van der Waals surface area (Å²) in [6, 6.07) is 0.500. The molecule has 0 aliphatic heterocycles. The van der Waals surface area contributed by atoms with Crippen molar-refractivity contribution in [2.24, 2.45) is 16.3 Å². The van der Waals surface area contributed by atoms with Crippen molar-refractivity contribution in [2.45, 2.75) is 58.4 Å². The van der Waals surface area contributed by atoms with E-state index in [0.29, 0.717) is 11.5 Å². The van der Waals surface area contributed by atoms with Gasteiger partial charge >= 0.3 is 0 Å². The molecule has 2 saturated carbocycles. The predicted molar refractivity (Wildman–Crippen MR) is 88.7 cm³/mol. The number of nitrogens with zero attached hydrogens (tertiary/aromatic N) is 1. The minimum absolute atomic E-state index is 0. The van der Waals surface area contributed by atoms with Gasteiger partial charge in [0.05, 0.1) is 0 Å². The number of hydrogen-bond acceptors (Lipinski definition) is 1. The molecule has 1 atom stereocenters. The molecule has 2 fully saturated rings. The lowest BCUT2D eigenvalue weighted by Crippen LogP contribution is -2.49. The average Bonchev–Trinajstić information content (AvgIpc) is 3.10. The Morgan fingerprint density at radius 1 is 1.39 bits per heavy atom. The number of halogens is 1. The van der Waals surface area contributed by atoms with E-state index in [0.717, 1.165) is 24.8 Å². The van der Waals surface area contributed by atoms with E-state index in [4.69, 9.17) is 0 Å². The second-order valence-corrected chi connectivity index (χ2v) is 5.87. The largest absolute Gasteiger partial charge is 0.356 e. The first-order valence-electron chi connectivity index (χ1n) is 7.17. The van der Waals surface area contributed by atoms with Gasteiger partial charge in [-0.25, -0.2) is 0 Å². The van der Waals surface area contributed by atoms with Crippen molar-refractivity contribution in [1.82, 2.24) is 10.6 Å². The van der Waals surface area contributed by atoms with E-state index in [-0.39, 0.29) is 24.0 Å². The molecule has 0 radical (unpaired) electrons. The quantitative estimate of drug-likeness (QED) is 0.446. The van der Waals surface area contributed by atoms with Gasteiger partial charge in [0.2, 0.25) is 0 Å². The van der Waals surface area contributed by atoms with Gasteiger partial charge in [-0.15, -0.1) is 24.0 Å². The lowest BCUT2D eigenvalue weighted by molar-refractivity contribution is 0.106. The van der Waals surface area contributed by atoms with E-state index in [9.17, 15) is 0 Å². The molecule has 1 unspecified atom stereocenters. The van der Waals surface area contributed by atoms with Gasteiger partial charge in [-0.2, -0.15) is 0 Å². The number of rotatable bonds is 5. The van der Waals surface area contributed by atoms with Crippen molar-refractivity contribution >= 4 is 29.9 Å². The van der Waals surface area contributed by atoms with Crippen LogP contribution in [0.25, 0.3) is 0 Å². The Bertz CT molecular complexity index is 283. The number of guanidine groups is 1. The van der Waals surface area contributed by atoms with Crippen molar-refractivity contribution in [3.63, 3.8) is 0 Å². The highest BCUT2D eigenvalue weighted by Gasteiger charge is 2.48. The lowest BCUT2D eigenvalue weighted by Gasteiger charge is -2.43. The topological polar surface area (TPSA) is 36.4 Å². The van der Waals surface area contributed by atoms with E-state index in [1.54, 1.807) is 0 Å². The van der Waals surface area contributed by atoms with Crippen molar-refractivity contribution in [1.29, 1.82) is 0 Å². The van der Waals surface area contributed by atoms with Crippen molar-refractivity contribution in [3.8, 4) is 0 Å². The summed E-state index contributed by atoms with van der Waals surface area (Å²) in [7, 11) is 1.86. The average molecular weight is 365 g/mol. The molecule has 0 heterocycles. The molecule has 2 aliphatic carbocycles. The van der Waals surface area contributed by atoms with Crippen LogP contribution in [0.5, 0.6) is 0 Å². The van der Waals surface area contributed by atoms with E-state index in [1.165, 1.54) is 32.1 Å². The van der Waals surface area contributed by atoms with Crippen LogP contribution in [0.2, 0.25) is 0 Å². The maximum Gasteiger partial charge on any atom is 0.191 e. The molecule has 2 N–H and O–H groups in total. The molecule has 106 valence electrons. The highest BCUT2D eigenvalue weighted by atomic mass is 127. The van der Waals surface area contributed by atoms with Gasteiger partial charge in [0, 0.05) is 19.6 Å². The van der Waals surface area contributed by atoms with E-state index in [1.807, 2.05) is 7.05 Å². The molecular weight excluding hydrogens is 337 g/mol. The summed E-state index contributed by atoms with van der Waals surface area (Å²) in [5, 5.41) is 6.97. The van der Waals surface area contributed by atoms with Gasteiger partial charge in [-0.3, -0.25) is 4.99 Å². The summed E-state index contributed by atoms with van der Waals surface area (Å²) < 4.78 is 0. The number of nitrogens with one attached hydrogen (secondary N) is 2. The molecule has 0 aromatic carbocycles. The zero-order chi connectivity index (χ0) is 12.3. The molecule has 0 bridgehead atoms. The second-order valence-electron chi connectivity index (χ2n) is 5.87. The molecule has 2 aliphatic rings. The van der Waals surface area contributed by atoms with Crippen molar-refractivity contribution in [3.05, 3.63) is 0 Å². The fraction of sp³-hybridized carbons (Fsp3) is 0.929. The molecule has 3 nitrogen and oxygen atoms in total. The molecule has 2 rings (SSSR count). The SMILES string of the molecule is CCC(C)NC(=NC)NCC1(C2CC2)CCC1.I. The summed E-state index contributed by atoms with van der Waals surface area (Å²) in [6.45, 7) is 5.52. The van der Waals surface area contributed by atoms with E-state index < -0.39 is 0 Å². The van der Waals surface area contributed by atoms with Crippen molar-refractivity contribution in [2.75, 3.05) is 13.6 Å². The Kier molecular flexibility index (Phi) is 6.21. The summed E-state index contributed by atoms with van der Waals surface area (Å²) in [6.07, 6.45) is 8.32. The first-order valence-corrected chi connectivity index (χ1v) is 7.17. The smallest absolute Gasteiger partial charge is 0.191 e. The van der Waals surface area contributed by atoms with Crippen LogP contribution >= 0.6 is 24.0 Å². The zero-order valence-electron chi connectivity index (χ0n) is 12.0. The lowest BCUT2D eigenvalue weighted by atomic mass is 9.65. The first-order chi connectivity index (χ1) is 8.20. The summed E-state index contributed by atoms with van der Waals surface area (Å²) in [4.78, 5) is 4.31. The summed E-state index contributed by atoms with van der Waals surface area (Å²) in [5.41, 5.74) is 0.618. The van der Waals surface area contributed by atoms with Gasteiger partial charge in [-0.05, 0) is 50.4 Å². The third kappa shape index (κ3) is 3.75. The predicted octanol–water partition coefficient (Wildman–Crippen LogP) is 3.15. The fourth-order valence-corrected chi connectivity index (χ4v) is 2.85. The molecule has 4 heteroatoms. The molecule has 0 aromatic heterocycles. The molecule has 0 aromatic rings. The van der Waals surface area contributed by atoms with Crippen LogP contribution in [0.3, 0.4) is 0 Å².